The minimum absolute atomic E-state index is 0.124. The molecule has 0 aliphatic rings. The Bertz CT molecular complexity index is 136. The molecule has 0 spiro atoms. The lowest BCUT2D eigenvalue weighted by molar-refractivity contribution is -0.0487. The Kier molecular flexibility index (Phi) is 7.35. The third-order valence-corrected chi connectivity index (χ3v) is 2.82. The number of rotatable bonds is 8. The van der Waals surface area contributed by atoms with Gasteiger partial charge in [-0.15, -0.1) is 0 Å². The van der Waals surface area contributed by atoms with Gasteiger partial charge in [0, 0.05) is 6.61 Å². The maximum absolute atomic E-state index is 5.99. The molecule has 14 heavy (non-hydrogen) atoms. The summed E-state index contributed by atoms with van der Waals surface area (Å²) in [4.78, 5) is 0. The van der Waals surface area contributed by atoms with Crippen LogP contribution < -0.4 is 0 Å². The zero-order valence-corrected chi connectivity index (χ0v) is 10.7. The topological polar surface area (TPSA) is 9.23 Å². The first-order valence-electron chi connectivity index (χ1n) is 6.18. The fourth-order valence-corrected chi connectivity index (χ4v) is 1.47. The molecule has 0 aromatic heterocycles. The smallest absolute Gasteiger partial charge is 0.120 e. The van der Waals surface area contributed by atoms with Crippen LogP contribution in [-0.4, -0.2) is 19.5 Å². The molecular weight excluding hydrogens is 171 g/mol. The molecule has 0 saturated heterocycles. The molecule has 0 N–H and O–H groups in total. The number of hydrogen-bond donors (Lipinski definition) is 0. The lowest BCUT2D eigenvalue weighted by atomic mass is 9.68. The van der Waals surface area contributed by atoms with E-state index in [1.807, 2.05) is 0 Å². The van der Waals surface area contributed by atoms with E-state index >= 15 is 0 Å². The lowest BCUT2D eigenvalue weighted by Crippen LogP contribution is -2.29. The van der Waals surface area contributed by atoms with Gasteiger partial charge >= 0.3 is 0 Å². The minimum Gasteiger partial charge on any atom is -0.375 e. The van der Waals surface area contributed by atoms with Gasteiger partial charge in [-0.3, -0.25) is 0 Å². The van der Waals surface area contributed by atoms with Gasteiger partial charge in [0.15, 0.2) is 0 Å². The molecule has 84 valence electrons. The molecule has 0 fully saturated rings. The number of hydrogen-bond acceptors (Lipinski definition) is 1. The van der Waals surface area contributed by atoms with E-state index < -0.39 is 0 Å². The van der Waals surface area contributed by atoms with Gasteiger partial charge in [0.1, 0.15) is 7.28 Å². The first-order chi connectivity index (χ1) is 6.54. The van der Waals surface area contributed by atoms with Crippen molar-refractivity contribution in [2.75, 3.05) is 6.61 Å². The average Bonchev–Trinajstić information content (AvgIpc) is 2.15. The van der Waals surface area contributed by atoms with Crippen molar-refractivity contribution in [3.63, 3.8) is 0 Å². The Morgan fingerprint density at radius 2 is 1.93 bits per heavy atom. The van der Waals surface area contributed by atoms with Crippen LogP contribution in [0, 0.1) is 5.92 Å². The zero-order chi connectivity index (χ0) is 11.0. The predicted octanol–water partition coefficient (Wildman–Crippen LogP) is 3.51. The van der Waals surface area contributed by atoms with Gasteiger partial charge in [-0.05, 0) is 25.7 Å². The molecular formula is C12H27BO. The SMILES string of the molecule is CCBCCC(C)(CC)OCC(C)C. The Balaban J connectivity index is 3.79. The molecule has 1 unspecified atom stereocenters. The standard InChI is InChI=1S/C12H27BO/c1-6-12(5,8-9-13-7-2)14-10-11(3)4/h11,13H,6-10H2,1-5H3. The second kappa shape index (κ2) is 7.33. The van der Waals surface area contributed by atoms with Crippen LogP contribution in [0.1, 0.15) is 47.5 Å². The molecule has 0 aliphatic heterocycles. The van der Waals surface area contributed by atoms with E-state index in [-0.39, 0.29) is 5.60 Å². The van der Waals surface area contributed by atoms with Crippen molar-refractivity contribution in [3.05, 3.63) is 0 Å². The van der Waals surface area contributed by atoms with Crippen LogP contribution in [0.2, 0.25) is 12.6 Å². The summed E-state index contributed by atoms with van der Waals surface area (Å²) in [6.45, 7) is 12.1. The van der Waals surface area contributed by atoms with Gasteiger partial charge in [0.2, 0.25) is 0 Å². The second-order valence-electron chi connectivity index (χ2n) is 4.97. The molecule has 0 aromatic carbocycles. The summed E-state index contributed by atoms with van der Waals surface area (Å²) in [5.41, 5.74) is 0.124. The zero-order valence-electron chi connectivity index (χ0n) is 10.7. The summed E-state index contributed by atoms with van der Waals surface area (Å²) in [6.07, 6.45) is 4.94. The van der Waals surface area contributed by atoms with Crippen molar-refractivity contribution >= 4 is 7.28 Å². The van der Waals surface area contributed by atoms with Crippen molar-refractivity contribution < 1.29 is 4.74 Å². The van der Waals surface area contributed by atoms with Crippen molar-refractivity contribution in [2.24, 2.45) is 5.92 Å². The van der Waals surface area contributed by atoms with Crippen LogP contribution in [0.5, 0.6) is 0 Å². The Morgan fingerprint density at radius 1 is 1.29 bits per heavy atom. The minimum atomic E-state index is 0.124. The average molecular weight is 198 g/mol. The maximum atomic E-state index is 5.99. The van der Waals surface area contributed by atoms with E-state index in [0.717, 1.165) is 13.0 Å². The molecule has 0 bridgehead atoms. The van der Waals surface area contributed by atoms with Gasteiger partial charge < -0.3 is 4.74 Å². The summed E-state index contributed by atoms with van der Waals surface area (Å²) in [5, 5.41) is 0. The Labute approximate surface area is 90.9 Å². The van der Waals surface area contributed by atoms with E-state index in [2.05, 4.69) is 34.6 Å². The van der Waals surface area contributed by atoms with Gasteiger partial charge in [-0.1, -0.05) is 40.3 Å². The molecule has 1 nitrogen and oxygen atoms in total. The van der Waals surface area contributed by atoms with E-state index in [0.29, 0.717) is 5.92 Å². The van der Waals surface area contributed by atoms with Crippen LogP contribution in [0.25, 0.3) is 0 Å². The third-order valence-electron chi connectivity index (χ3n) is 2.82. The van der Waals surface area contributed by atoms with Gasteiger partial charge in [0.25, 0.3) is 0 Å². The molecule has 1 atom stereocenters. The summed E-state index contributed by atoms with van der Waals surface area (Å²) < 4.78 is 5.99. The highest BCUT2D eigenvalue weighted by Crippen LogP contribution is 2.22. The van der Waals surface area contributed by atoms with Crippen LogP contribution in [-0.2, 0) is 4.74 Å². The van der Waals surface area contributed by atoms with Crippen molar-refractivity contribution in [1.29, 1.82) is 0 Å². The molecule has 0 saturated carbocycles. The first-order valence-corrected chi connectivity index (χ1v) is 6.18. The largest absolute Gasteiger partial charge is 0.375 e. The monoisotopic (exact) mass is 198 g/mol. The highest BCUT2D eigenvalue weighted by molar-refractivity contribution is 6.35. The number of ether oxygens (including phenoxy) is 1. The van der Waals surface area contributed by atoms with Crippen LogP contribution in [0.15, 0.2) is 0 Å². The van der Waals surface area contributed by atoms with Crippen molar-refractivity contribution in [2.45, 2.75) is 65.7 Å². The maximum Gasteiger partial charge on any atom is 0.120 e. The summed E-state index contributed by atoms with van der Waals surface area (Å²) >= 11 is 0. The normalized spacial score (nSPS) is 15.6. The van der Waals surface area contributed by atoms with Crippen LogP contribution in [0.4, 0.5) is 0 Å². The van der Waals surface area contributed by atoms with E-state index in [4.69, 9.17) is 4.74 Å². The molecule has 0 radical (unpaired) electrons. The molecule has 0 aliphatic carbocycles. The van der Waals surface area contributed by atoms with Crippen molar-refractivity contribution in [3.8, 4) is 0 Å². The molecule has 0 rings (SSSR count). The van der Waals surface area contributed by atoms with E-state index in [1.165, 1.54) is 26.3 Å². The molecule has 0 heterocycles. The van der Waals surface area contributed by atoms with E-state index in [1.54, 1.807) is 0 Å². The Hall–Kier alpha value is 0.0249. The lowest BCUT2D eigenvalue weighted by Gasteiger charge is -2.29. The third kappa shape index (κ3) is 6.47. The van der Waals surface area contributed by atoms with Crippen molar-refractivity contribution in [1.82, 2.24) is 0 Å². The summed E-state index contributed by atoms with van der Waals surface area (Å²) in [7, 11) is 1.33. The van der Waals surface area contributed by atoms with Gasteiger partial charge in [0.05, 0.1) is 5.60 Å². The van der Waals surface area contributed by atoms with Gasteiger partial charge in [-0.2, -0.15) is 0 Å². The first kappa shape index (κ1) is 14.0. The fraction of sp³-hybridized carbons (Fsp3) is 1.00. The molecule has 0 amide bonds. The van der Waals surface area contributed by atoms with Crippen LogP contribution >= 0.6 is 0 Å². The second-order valence-corrected chi connectivity index (χ2v) is 4.97. The van der Waals surface area contributed by atoms with E-state index in [9.17, 15) is 0 Å². The molecule has 2 heteroatoms. The summed E-state index contributed by atoms with van der Waals surface area (Å²) in [5.74, 6) is 0.645. The predicted molar refractivity (Wildman–Crippen MR) is 66.5 cm³/mol. The Morgan fingerprint density at radius 3 is 2.36 bits per heavy atom. The molecule has 0 aromatic rings. The van der Waals surface area contributed by atoms with Gasteiger partial charge in [-0.25, -0.2) is 0 Å². The highest BCUT2D eigenvalue weighted by atomic mass is 16.5. The quantitative estimate of drug-likeness (QED) is 0.428. The highest BCUT2D eigenvalue weighted by Gasteiger charge is 2.22. The summed E-state index contributed by atoms with van der Waals surface area (Å²) in [6, 6.07) is 0. The fourth-order valence-electron chi connectivity index (χ4n) is 1.47. The van der Waals surface area contributed by atoms with Crippen LogP contribution in [0.3, 0.4) is 0 Å².